The predicted octanol–water partition coefficient (Wildman–Crippen LogP) is 5.13. The maximum atomic E-state index is 13.9. The zero-order chi connectivity index (χ0) is 27.8. The number of amides is 1. The molecule has 0 saturated heterocycles. The van der Waals surface area contributed by atoms with Gasteiger partial charge in [-0.25, -0.2) is 0 Å². The molecule has 1 amide bonds. The highest BCUT2D eigenvalue weighted by Gasteiger charge is 2.23. The number of rotatable bonds is 9. The number of hydrogen-bond donors (Lipinski definition) is 1. The Morgan fingerprint density at radius 1 is 0.975 bits per heavy atom. The standard InChI is InChI=1S/C32H29N3O5/c1-19(31(36)34-16-7-10-20-8-5-4-6-9-20)40-21-11-13-25-24(18-21)22-15-17-33-28-23-12-14-26(38-2)30(39-3)27(23)32(37)35(25)29(22)28/h4-6,8-9,11-15,17-19H,7,10,16H2,1-3H3,(H,34,36). The van der Waals surface area contributed by atoms with Gasteiger partial charge < -0.3 is 19.5 Å². The first-order valence-corrected chi connectivity index (χ1v) is 13.2. The third-order valence-corrected chi connectivity index (χ3v) is 7.33. The Labute approximate surface area is 230 Å². The van der Waals surface area contributed by atoms with Gasteiger partial charge >= 0.3 is 0 Å². The first-order chi connectivity index (χ1) is 19.5. The lowest BCUT2D eigenvalue weighted by atomic mass is 10.1. The van der Waals surface area contributed by atoms with Gasteiger partial charge in [-0.15, -0.1) is 0 Å². The number of methoxy groups -OCH3 is 2. The van der Waals surface area contributed by atoms with Crippen molar-refractivity contribution in [3.8, 4) is 17.2 Å². The topological polar surface area (TPSA) is 91.2 Å². The lowest BCUT2D eigenvalue weighted by Crippen LogP contribution is -2.36. The van der Waals surface area contributed by atoms with Crippen LogP contribution in [0, 0.1) is 0 Å². The number of aromatic nitrogens is 2. The molecule has 0 spiro atoms. The summed E-state index contributed by atoms with van der Waals surface area (Å²) in [5.41, 5.74) is 3.16. The monoisotopic (exact) mass is 535 g/mol. The lowest BCUT2D eigenvalue weighted by Gasteiger charge is -2.15. The molecule has 0 aliphatic rings. The van der Waals surface area contributed by atoms with Crippen LogP contribution in [0.4, 0.5) is 0 Å². The van der Waals surface area contributed by atoms with Crippen molar-refractivity contribution < 1.29 is 19.0 Å². The van der Waals surface area contributed by atoms with Crippen molar-refractivity contribution in [2.45, 2.75) is 25.9 Å². The molecule has 3 aromatic heterocycles. The quantitative estimate of drug-likeness (QED) is 0.204. The molecule has 1 N–H and O–H groups in total. The molecule has 8 nitrogen and oxygen atoms in total. The number of fused-ring (bicyclic) bond motifs is 5. The van der Waals surface area contributed by atoms with Gasteiger partial charge in [-0.2, -0.15) is 0 Å². The molecular formula is C32H29N3O5. The van der Waals surface area contributed by atoms with Gasteiger partial charge in [0.2, 0.25) is 0 Å². The van der Waals surface area contributed by atoms with Crippen molar-refractivity contribution >= 4 is 44.0 Å². The molecule has 3 heterocycles. The number of benzene rings is 3. The number of hydrogen-bond acceptors (Lipinski definition) is 6. The average molecular weight is 536 g/mol. The fraction of sp³-hybridized carbons (Fsp3) is 0.219. The van der Waals surface area contributed by atoms with E-state index in [0.717, 1.165) is 34.6 Å². The third-order valence-electron chi connectivity index (χ3n) is 7.33. The molecule has 202 valence electrons. The van der Waals surface area contributed by atoms with Crippen LogP contribution < -0.4 is 25.1 Å². The third kappa shape index (κ3) is 4.22. The van der Waals surface area contributed by atoms with Crippen LogP contribution in [0.2, 0.25) is 0 Å². The van der Waals surface area contributed by atoms with Gasteiger partial charge in [0.1, 0.15) is 5.75 Å². The SMILES string of the molecule is COc1ccc2c(c1OC)c(=O)n1c3ccc(OC(C)C(=O)NCCCc4ccccc4)cc3c3ccnc2c31. The van der Waals surface area contributed by atoms with Crippen LogP contribution in [-0.4, -0.2) is 42.2 Å². The van der Waals surface area contributed by atoms with Crippen LogP contribution in [0.1, 0.15) is 18.9 Å². The fourth-order valence-corrected chi connectivity index (χ4v) is 5.42. The van der Waals surface area contributed by atoms with Gasteiger partial charge in [-0.1, -0.05) is 30.3 Å². The Kier molecular flexibility index (Phi) is 6.59. The van der Waals surface area contributed by atoms with Crippen LogP contribution in [0.15, 0.2) is 77.7 Å². The fourth-order valence-electron chi connectivity index (χ4n) is 5.42. The molecule has 1 atom stereocenters. The predicted molar refractivity (Wildman–Crippen MR) is 156 cm³/mol. The molecule has 8 heteroatoms. The summed E-state index contributed by atoms with van der Waals surface area (Å²) < 4.78 is 18.8. The van der Waals surface area contributed by atoms with E-state index >= 15 is 0 Å². The van der Waals surface area contributed by atoms with Gasteiger partial charge in [0.05, 0.1) is 36.2 Å². The Bertz CT molecular complexity index is 1920. The largest absolute Gasteiger partial charge is 0.493 e. The smallest absolute Gasteiger partial charge is 0.267 e. The van der Waals surface area contributed by atoms with Crippen molar-refractivity contribution in [2.75, 3.05) is 20.8 Å². The Balaban J connectivity index is 1.32. The van der Waals surface area contributed by atoms with Gasteiger partial charge in [-0.05, 0) is 61.7 Å². The van der Waals surface area contributed by atoms with Crippen molar-refractivity contribution in [2.24, 2.45) is 0 Å². The van der Waals surface area contributed by atoms with Gasteiger partial charge in [0, 0.05) is 28.9 Å². The maximum absolute atomic E-state index is 13.9. The zero-order valence-corrected chi connectivity index (χ0v) is 22.6. The number of ether oxygens (including phenoxy) is 3. The molecule has 0 aliphatic carbocycles. The molecule has 3 aromatic carbocycles. The number of carbonyl (C=O) groups excluding carboxylic acids is 1. The van der Waals surface area contributed by atoms with Crippen molar-refractivity contribution in [1.82, 2.24) is 14.7 Å². The van der Waals surface area contributed by atoms with E-state index in [-0.39, 0.29) is 11.5 Å². The maximum Gasteiger partial charge on any atom is 0.267 e. The van der Waals surface area contributed by atoms with Gasteiger partial charge in [-0.3, -0.25) is 19.0 Å². The van der Waals surface area contributed by atoms with E-state index in [4.69, 9.17) is 14.2 Å². The van der Waals surface area contributed by atoms with Crippen LogP contribution in [0.3, 0.4) is 0 Å². The van der Waals surface area contributed by atoms with E-state index in [2.05, 4.69) is 22.4 Å². The minimum atomic E-state index is -0.682. The number of carbonyl (C=O) groups is 1. The second-order valence-corrected chi connectivity index (χ2v) is 9.74. The van der Waals surface area contributed by atoms with Gasteiger partial charge in [0.15, 0.2) is 17.6 Å². The number of nitrogens with zero attached hydrogens (tertiary/aromatic N) is 2. The van der Waals surface area contributed by atoms with Crippen LogP contribution in [0.25, 0.3) is 38.1 Å². The van der Waals surface area contributed by atoms with E-state index in [1.165, 1.54) is 12.7 Å². The molecule has 1 unspecified atom stereocenters. The Morgan fingerprint density at radius 3 is 2.58 bits per heavy atom. The van der Waals surface area contributed by atoms with E-state index in [0.29, 0.717) is 40.1 Å². The highest BCUT2D eigenvalue weighted by atomic mass is 16.5. The van der Waals surface area contributed by atoms with Gasteiger partial charge in [0.25, 0.3) is 11.5 Å². The van der Waals surface area contributed by atoms with E-state index in [9.17, 15) is 9.59 Å². The van der Waals surface area contributed by atoms with Crippen LogP contribution >= 0.6 is 0 Å². The molecule has 6 rings (SSSR count). The average Bonchev–Trinajstić information content (AvgIpc) is 3.32. The van der Waals surface area contributed by atoms with Crippen LogP contribution in [0.5, 0.6) is 17.2 Å². The summed E-state index contributed by atoms with van der Waals surface area (Å²) in [7, 11) is 3.06. The molecule has 0 aliphatic heterocycles. The summed E-state index contributed by atoms with van der Waals surface area (Å²) in [4.78, 5) is 31.2. The van der Waals surface area contributed by atoms with Crippen molar-refractivity contribution in [1.29, 1.82) is 0 Å². The summed E-state index contributed by atoms with van der Waals surface area (Å²) in [5, 5.41) is 5.77. The van der Waals surface area contributed by atoms with Crippen molar-refractivity contribution in [3.63, 3.8) is 0 Å². The minimum Gasteiger partial charge on any atom is -0.493 e. The number of nitrogens with one attached hydrogen (secondary N) is 1. The summed E-state index contributed by atoms with van der Waals surface area (Å²) in [5.74, 6) is 1.22. The summed E-state index contributed by atoms with van der Waals surface area (Å²) in [6.45, 7) is 2.30. The Hall–Kier alpha value is -4.85. The lowest BCUT2D eigenvalue weighted by molar-refractivity contribution is -0.127. The molecule has 0 radical (unpaired) electrons. The molecular weight excluding hydrogens is 506 g/mol. The van der Waals surface area contributed by atoms with E-state index in [1.807, 2.05) is 42.5 Å². The van der Waals surface area contributed by atoms with E-state index in [1.54, 1.807) is 36.8 Å². The summed E-state index contributed by atoms with van der Waals surface area (Å²) >= 11 is 0. The normalized spacial score (nSPS) is 12.3. The Morgan fingerprint density at radius 2 is 1.80 bits per heavy atom. The first kappa shape index (κ1) is 25.4. The van der Waals surface area contributed by atoms with Crippen molar-refractivity contribution in [3.05, 3.63) is 88.8 Å². The highest BCUT2D eigenvalue weighted by molar-refractivity contribution is 6.19. The molecule has 6 aromatic rings. The molecule has 0 bridgehead atoms. The summed E-state index contributed by atoms with van der Waals surface area (Å²) in [6.07, 6.45) is 2.79. The zero-order valence-electron chi connectivity index (χ0n) is 22.6. The van der Waals surface area contributed by atoms with Crippen LogP contribution in [-0.2, 0) is 11.2 Å². The first-order valence-electron chi connectivity index (χ1n) is 13.2. The second-order valence-electron chi connectivity index (χ2n) is 9.74. The molecule has 0 saturated carbocycles. The second kappa shape index (κ2) is 10.4. The summed E-state index contributed by atoms with van der Waals surface area (Å²) in [6, 6.07) is 21.2. The number of pyridine rings is 2. The molecule has 40 heavy (non-hydrogen) atoms. The highest BCUT2D eigenvalue weighted by Crippen LogP contribution is 2.39. The molecule has 0 fully saturated rings. The number of aryl methyl sites for hydroxylation is 1. The minimum absolute atomic E-state index is 0.174. The van der Waals surface area contributed by atoms with E-state index < -0.39 is 6.10 Å².